The Bertz CT molecular complexity index is 246. The van der Waals surface area contributed by atoms with Gasteiger partial charge in [-0.25, -0.2) is 0 Å². The Balaban J connectivity index is 0. The van der Waals surface area contributed by atoms with E-state index in [1.807, 2.05) is 0 Å². The molecule has 0 spiro atoms. The maximum absolute atomic E-state index is 9.75. The van der Waals surface area contributed by atoms with E-state index in [-0.39, 0.29) is 0 Å². The third kappa shape index (κ3) is 50.9. The second kappa shape index (κ2) is 13.6. The van der Waals surface area contributed by atoms with Gasteiger partial charge in [0.2, 0.25) is 0 Å². The van der Waals surface area contributed by atoms with Gasteiger partial charge < -0.3 is 45.2 Å². The number of nitrogens with two attached hydrogens (primary N) is 2. The van der Waals surface area contributed by atoms with Crippen molar-refractivity contribution in [3.05, 3.63) is 24.6 Å². The number of halogens is 8. The van der Waals surface area contributed by atoms with Gasteiger partial charge in [0.05, 0.1) is 25.5 Å². The van der Waals surface area contributed by atoms with E-state index in [4.69, 9.17) is 0 Å². The lowest BCUT2D eigenvalue weighted by atomic mass is 10.2. The summed E-state index contributed by atoms with van der Waals surface area (Å²) in [5.74, 6) is 0. The zero-order chi connectivity index (χ0) is 17.5. The molecule has 2 aliphatic heterocycles. The number of hydrogen-bond acceptors (Lipinski definition) is 0. The van der Waals surface area contributed by atoms with Crippen LogP contribution in [-0.2, 0) is 0 Å². The molecule has 0 saturated carbocycles. The van der Waals surface area contributed by atoms with Crippen LogP contribution in [0.1, 0.15) is 25.7 Å². The van der Waals surface area contributed by atoms with Gasteiger partial charge in [0.1, 0.15) is 0 Å². The molecule has 0 saturated heterocycles. The molecule has 12 heteroatoms. The topological polar surface area (TPSA) is 33.2 Å². The number of hydrogen-bond donors (Lipinski definition) is 2. The molecule has 0 unspecified atom stereocenters. The molecule has 0 aromatic rings. The highest BCUT2D eigenvalue weighted by Gasteiger charge is 2.21. The first-order chi connectivity index (χ1) is 10.0. The Kier molecular flexibility index (Phi) is 14.4. The van der Waals surface area contributed by atoms with Crippen LogP contribution in [0.15, 0.2) is 24.6 Å². The maximum Gasteiger partial charge on any atom is 0.673 e. The van der Waals surface area contributed by atoms with Crippen LogP contribution in [0.3, 0.4) is 0 Å². The van der Waals surface area contributed by atoms with Crippen LogP contribution >= 0.6 is 0 Å². The molecule has 0 atom stereocenters. The quantitative estimate of drug-likeness (QED) is 0.501. The van der Waals surface area contributed by atoms with Crippen molar-refractivity contribution in [3.8, 4) is 0 Å². The summed E-state index contributed by atoms with van der Waals surface area (Å²) in [4.78, 5) is 0. The predicted octanol–water partition coefficient (Wildman–Crippen LogP) is 2.31. The van der Waals surface area contributed by atoms with Crippen LogP contribution in [-0.4, -0.2) is 27.6 Å². The van der Waals surface area contributed by atoms with Crippen molar-refractivity contribution in [2.24, 2.45) is 0 Å². The van der Waals surface area contributed by atoms with Gasteiger partial charge in [0.25, 0.3) is 0 Å². The Morgan fingerprint density at radius 1 is 0.591 bits per heavy atom. The van der Waals surface area contributed by atoms with E-state index >= 15 is 0 Å². The van der Waals surface area contributed by atoms with Crippen molar-refractivity contribution in [2.45, 2.75) is 25.7 Å². The van der Waals surface area contributed by atoms with Gasteiger partial charge in [-0.1, -0.05) is 0 Å². The fraction of sp³-hybridized carbons (Fsp3) is 0.600. The Morgan fingerprint density at radius 3 is 0.909 bits per heavy atom. The van der Waals surface area contributed by atoms with Crippen LogP contribution in [0, 0.1) is 0 Å². The van der Waals surface area contributed by atoms with E-state index in [1.54, 1.807) is 0 Å². The van der Waals surface area contributed by atoms with E-state index in [1.165, 1.54) is 38.8 Å². The molecular weight excluding hydrogens is 322 g/mol. The zero-order valence-corrected chi connectivity index (χ0v) is 11.9. The maximum atomic E-state index is 9.75. The van der Waals surface area contributed by atoms with E-state index in [0.29, 0.717) is 0 Å². The molecule has 2 rings (SSSR count). The van der Waals surface area contributed by atoms with Gasteiger partial charge in [0.15, 0.2) is 0 Å². The molecule has 22 heavy (non-hydrogen) atoms. The minimum atomic E-state index is -6.00. The molecule has 0 aliphatic carbocycles. The first-order valence-electron chi connectivity index (χ1n) is 6.71. The van der Waals surface area contributed by atoms with Crippen LogP contribution in [0.25, 0.3) is 0 Å². The van der Waals surface area contributed by atoms with E-state index in [9.17, 15) is 34.5 Å². The molecule has 2 heterocycles. The molecule has 2 aliphatic rings. The van der Waals surface area contributed by atoms with Gasteiger partial charge >= 0.3 is 14.5 Å². The lowest BCUT2D eigenvalue weighted by Crippen LogP contribution is -2.78. The van der Waals surface area contributed by atoms with Gasteiger partial charge in [-0.05, 0) is 25.0 Å². The minimum Gasteiger partial charge on any atom is -0.418 e. The highest BCUT2D eigenvalue weighted by atomic mass is 19.5. The Labute approximate surface area is 124 Å². The third-order valence-electron chi connectivity index (χ3n) is 2.03. The van der Waals surface area contributed by atoms with Crippen LogP contribution < -0.4 is 10.6 Å². The summed E-state index contributed by atoms with van der Waals surface area (Å²) in [5.41, 5.74) is 0. The lowest BCUT2D eigenvalue weighted by molar-refractivity contribution is -0.591. The summed E-state index contributed by atoms with van der Waals surface area (Å²) in [7, 11) is -12.0. The van der Waals surface area contributed by atoms with Crippen molar-refractivity contribution in [2.75, 3.05) is 13.1 Å². The average molecular weight is 342 g/mol. The van der Waals surface area contributed by atoms with Gasteiger partial charge in [0, 0.05) is 12.8 Å². The molecule has 0 amide bonds. The predicted molar refractivity (Wildman–Crippen MR) is 70.7 cm³/mol. The summed E-state index contributed by atoms with van der Waals surface area (Å²) in [6, 6.07) is 0. The SMILES string of the molecule is C1=C[NH2+]CCC1.C1=C[NH2+]CCC1.F[B-](F)(F)F.F[B-](F)(F)F. The second-order valence-corrected chi connectivity index (χ2v) is 4.18. The van der Waals surface area contributed by atoms with E-state index in [2.05, 4.69) is 35.2 Å². The number of quaternary nitrogens is 2. The van der Waals surface area contributed by atoms with Crippen LogP contribution in [0.5, 0.6) is 0 Å². The number of rotatable bonds is 0. The minimum absolute atomic E-state index is 1.29. The third-order valence-corrected chi connectivity index (χ3v) is 2.03. The first-order valence-corrected chi connectivity index (χ1v) is 6.71. The largest absolute Gasteiger partial charge is 0.673 e. The van der Waals surface area contributed by atoms with Crippen LogP contribution in [0.4, 0.5) is 34.5 Å². The zero-order valence-electron chi connectivity index (χ0n) is 11.9. The Hall–Kier alpha value is -1.03. The molecule has 0 bridgehead atoms. The summed E-state index contributed by atoms with van der Waals surface area (Å²) in [6.45, 7) is 2.58. The van der Waals surface area contributed by atoms with Crippen molar-refractivity contribution in [3.63, 3.8) is 0 Å². The molecular formula is C10H20B2F8N2. The fourth-order valence-corrected chi connectivity index (χ4v) is 1.28. The normalized spacial score (nSPS) is 17.1. The molecule has 132 valence electrons. The highest BCUT2D eigenvalue weighted by molar-refractivity contribution is 6.50. The lowest BCUT2D eigenvalue weighted by Gasteiger charge is -1.96. The van der Waals surface area contributed by atoms with E-state index in [0.717, 1.165) is 0 Å². The monoisotopic (exact) mass is 342 g/mol. The fourth-order valence-electron chi connectivity index (χ4n) is 1.28. The number of allylic oxidation sites excluding steroid dienone is 2. The Morgan fingerprint density at radius 2 is 0.864 bits per heavy atom. The second-order valence-electron chi connectivity index (χ2n) is 4.18. The average Bonchev–Trinajstić information content (AvgIpc) is 2.40. The smallest absolute Gasteiger partial charge is 0.418 e. The molecule has 0 aromatic carbocycles. The summed E-state index contributed by atoms with van der Waals surface area (Å²) >= 11 is 0. The van der Waals surface area contributed by atoms with Gasteiger partial charge in [-0.15, -0.1) is 0 Å². The summed E-state index contributed by atoms with van der Waals surface area (Å²) in [6.07, 6.45) is 14.0. The van der Waals surface area contributed by atoms with Crippen molar-refractivity contribution < 1.29 is 45.2 Å². The molecule has 4 N–H and O–H groups in total. The van der Waals surface area contributed by atoms with Crippen molar-refractivity contribution in [1.29, 1.82) is 0 Å². The first kappa shape index (κ1) is 23.2. The molecule has 2 nitrogen and oxygen atoms in total. The standard InChI is InChI=1S/2C5H9N.2BF4/c2*1-2-4-6-5-3-1;2*2-1(3,4)5/h2*2,4,6H,1,3,5H2;;/q;;2*-1/p+2. The van der Waals surface area contributed by atoms with Gasteiger partial charge in [-0.3, -0.25) is 0 Å². The summed E-state index contributed by atoms with van der Waals surface area (Å²) in [5, 5.41) is 4.42. The summed E-state index contributed by atoms with van der Waals surface area (Å²) < 4.78 is 78.0. The van der Waals surface area contributed by atoms with E-state index < -0.39 is 14.5 Å². The van der Waals surface area contributed by atoms with Gasteiger partial charge in [-0.2, -0.15) is 0 Å². The molecule has 0 aromatic heterocycles. The van der Waals surface area contributed by atoms with Crippen LogP contribution in [0.2, 0.25) is 0 Å². The molecule has 0 radical (unpaired) electrons. The molecule has 0 fully saturated rings. The van der Waals surface area contributed by atoms with Crippen molar-refractivity contribution >= 4 is 14.5 Å². The van der Waals surface area contributed by atoms with Crippen molar-refractivity contribution in [1.82, 2.24) is 0 Å². The highest BCUT2D eigenvalue weighted by Crippen LogP contribution is 2.07.